The summed E-state index contributed by atoms with van der Waals surface area (Å²) in [5, 5.41) is 2.29. The SMILES string of the molecule is C=c1ccc(=C(C2=CCC(C)C=C2)c2ccc(N(C)C)cc2)cc1. The van der Waals surface area contributed by atoms with Crippen LogP contribution in [0.15, 0.2) is 72.3 Å². The predicted octanol–water partition coefficient (Wildman–Crippen LogP) is 3.88. The Hall–Kier alpha value is -2.54. The molecule has 1 atom stereocenters. The molecule has 1 heteroatoms. The third kappa shape index (κ3) is 3.51. The van der Waals surface area contributed by atoms with Crippen molar-refractivity contribution < 1.29 is 0 Å². The normalized spacial score (nSPS) is 16.6. The van der Waals surface area contributed by atoms with Crippen LogP contribution in [0.5, 0.6) is 0 Å². The van der Waals surface area contributed by atoms with Gasteiger partial charge in [-0.25, -0.2) is 0 Å². The van der Waals surface area contributed by atoms with Crippen molar-refractivity contribution in [2.45, 2.75) is 13.3 Å². The molecule has 0 saturated carbocycles. The fourth-order valence-corrected chi connectivity index (χ4v) is 3.01. The highest BCUT2D eigenvalue weighted by atomic mass is 15.1. The highest BCUT2D eigenvalue weighted by Crippen LogP contribution is 2.27. The quantitative estimate of drug-likeness (QED) is 0.831. The smallest absolute Gasteiger partial charge is 0.0361 e. The Balaban J connectivity index is 2.16. The maximum absolute atomic E-state index is 4.00. The molecule has 24 heavy (non-hydrogen) atoms. The minimum Gasteiger partial charge on any atom is -0.378 e. The summed E-state index contributed by atoms with van der Waals surface area (Å²) in [5.41, 5.74) is 5.07. The molecule has 2 aromatic carbocycles. The van der Waals surface area contributed by atoms with Gasteiger partial charge in [-0.05, 0) is 51.6 Å². The number of allylic oxidation sites excluding steroid dienone is 4. The molecule has 0 radical (unpaired) electrons. The van der Waals surface area contributed by atoms with Gasteiger partial charge in [-0.15, -0.1) is 0 Å². The van der Waals surface area contributed by atoms with Crippen LogP contribution in [0.25, 0.3) is 12.2 Å². The van der Waals surface area contributed by atoms with Gasteiger partial charge in [0.05, 0.1) is 0 Å². The monoisotopic (exact) mass is 315 g/mol. The van der Waals surface area contributed by atoms with E-state index in [9.17, 15) is 0 Å². The van der Waals surface area contributed by atoms with E-state index in [2.05, 4.69) is 99.3 Å². The second kappa shape index (κ2) is 6.92. The van der Waals surface area contributed by atoms with E-state index in [-0.39, 0.29) is 0 Å². The first kappa shape index (κ1) is 16.3. The van der Waals surface area contributed by atoms with Crippen LogP contribution in [-0.2, 0) is 0 Å². The third-order valence-electron chi connectivity index (χ3n) is 4.52. The third-order valence-corrected chi connectivity index (χ3v) is 4.52. The summed E-state index contributed by atoms with van der Waals surface area (Å²) >= 11 is 0. The second-order valence-corrected chi connectivity index (χ2v) is 6.74. The van der Waals surface area contributed by atoms with Crippen LogP contribution >= 0.6 is 0 Å². The Kier molecular flexibility index (Phi) is 4.71. The van der Waals surface area contributed by atoms with Crippen LogP contribution in [0, 0.1) is 5.92 Å². The van der Waals surface area contributed by atoms with Crippen molar-refractivity contribution in [1.29, 1.82) is 0 Å². The van der Waals surface area contributed by atoms with Crippen LogP contribution in [0.3, 0.4) is 0 Å². The van der Waals surface area contributed by atoms with E-state index in [1.807, 2.05) is 0 Å². The lowest BCUT2D eigenvalue weighted by Gasteiger charge is -2.17. The number of nitrogens with zero attached hydrogens (tertiary/aromatic N) is 1. The topological polar surface area (TPSA) is 3.24 Å². The van der Waals surface area contributed by atoms with Gasteiger partial charge in [0.2, 0.25) is 0 Å². The number of anilines is 1. The summed E-state index contributed by atoms with van der Waals surface area (Å²) in [5.74, 6) is 0.619. The minimum absolute atomic E-state index is 0.619. The van der Waals surface area contributed by atoms with E-state index in [0.29, 0.717) is 5.92 Å². The van der Waals surface area contributed by atoms with Crippen molar-refractivity contribution in [2.75, 3.05) is 19.0 Å². The fourth-order valence-electron chi connectivity index (χ4n) is 3.01. The summed E-state index contributed by atoms with van der Waals surface area (Å²) in [6.45, 7) is 6.26. The number of hydrogen-bond donors (Lipinski definition) is 0. The van der Waals surface area contributed by atoms with Crippen molar-refractivity contribution in [1.82, 2.24) is 0 Å². The molecule has 0 amide bonds. The van der Waals surface area contributed by atoms with Crippen LogP contribution in [0.2, 0.25) is 0 Å². The van der Waals surface area contributed by atoms with Gasteiger partial charge in [-0.1, -0.05) is 68.1 Å². The molecule has 0 fully saturated rings. The first-order valence-electron chi connectivity index (χ1n) is 8.50. The lowest BCUT2D eigenvalue weighted by Crippen LogP contribution is -2.13. The first-order chi connectivity index (χ1) is 11.5. The molecule has 0 heterocycles. The molecular formula is C23H25N. The van der Waals surface area contributed by atoms with E-state index in [1.54, 1.807) is 0 Å². The Labute approximate surface area is 144 Å². The van der Waals surface area contributed by atoms with Gasteiger partial charge in [0.1, 0.15) is 0 Å². The molecule has 0 aliphatic heterocycles. The van der Waals surface area contributed by atoms with E-state index in [1.165, 1.54) is 27.6 Å². The Morgan fingerprint density at radius 3 is 2.21 bits per heavy atom. The number of rotatable bonds is 3. The van der Waals surface area contributed by atoms with Gasteiger partial charge < -0.3 is 4.90 Å². The van der Waals surface area contributed by atoms with E-state index in [0.717, 1.165) is 11.6 Å². The zero-order valence-corrected chi connectivity index (χ0v) is 14.8. The average Bonchev–Trinajstić information content (AvgIpc) is 2.59. The van der Waals surface area contributed by atoms with E-state index in [4.69, 9.17) is 0 Å². The average molecular weight is 315 g/mol. The van der Waals surface area contributed by atoms with Gasteiger partial charge in [-0.2, -0.15) is 0 Å². The summed E-state index contributed by atoms with van der Waals surface area (Å²) in [6.07, 6.45) is 8.03. The summed E-state index contributed by atoms with van der Waals surface area (Å²) in [4.78, 5) is 2.13. The molecule has 3 rings (SSSR count). The standard InChI is InChI=1S/C23H25N/c1-17-5-9-19(10-6-17)23(20-11-7-18(2)8-12-20)21-13-15-22(16-14-21)24(3)4/h5-7,9-16,18H,1,8H2,2-4H3. The Bertz CT molecular complexity index is 859. The zero-order chi connectivity index (χ0) is 17.1. The highest BCUT2D eigenvalue weighted by molar-refractivity contribution is 5.82. The molecule has 0 aromatic heterocycles. The summed E-state index contributed by atoms with van der Waals surface area (Å²) in [7, 11) is 4.14. The van der Waals surface area contributed by atoms with E-state index < -0.39 is 0 Å². The number of benzene rings is 2. The van der Waals surface area contributed by atoms with Gasteiger partial charge in [0.15, 0.2) is 0 Å². The molecule has 1 nitrogen and oxygen atoms in total. The van der Waals surface area contributed by atoms with Crippen molar-refractivity contribution in [3.63, 3.8) is 0 Å². The molecule has 2 aromatic rings. The lowest BCUT2D eigenvalue weighted by molar-refractivity contribution is 0.733. The number of hydrogen-bond acceptors (Lipinski definition) is 1. The molecule has 0 spiro atoms. The van der Waals surface area contributed by atoms with Gasteiger partial charge in [0, 0.05) is 19.8 Å². The predicted molar refractivity (Wildman–Crippen MR) is 105 cm³/mol. The van der Waals surface area contributed by atoms with Crippen LogP contribution in [0.1, 0.15) is 18.9 Å². The lowest BCUT2D eigenvalue weighted by atomic mass is 9.89. The molecule has 1 unspecified atom stereocenters. The van der Waals surface area contributed by atoms with Gasteiger partial charge >= 0.3 is 0 Å². The molecule has 1 aliphatic carbocycles. The summed E-state index contributed by atoms with van der Waals surface area (Å²) in [6, 6.07) is 17.3. The molecule has 0 N–H and O–H groups in total. The van der Waals surface area contributed by atoms with E-state index >= 15 is 0 Å². The highest BCUT2D eigenvalue weighted by Gasteiger charge is 2.11. The van der Waals surface area contributed by atoms with Crippen molar-refractivity contribution in [3.05, 3.63) is 88.3 Å². The van der Waals surface area contributed by atoms with Gasteiger partial charge in [0.25, 0.3) is 0 Å². The zero-order valence-electron chi connectivity index (χ0n) is 14.8. The first-order valence-corrected chi connectivity index (χ1v) is 8.50. The van der Waals surface area contributed by atoms with Crippen molar-refractivity contribution in [3.8, 4) is 0 Å². The Morgan fingerprint density at radius 2 is 1.67 bits per heavy atom. The molecule has 0 bridgehead atoms. The largest absolute Gasteiger partial charge is 0.378 e. The maximum atomic E-state index is 4.00. The van der Waals surface area contributed by atoms with Gasteiger partial charge in [-0.3, -0.25) is 0 Å². The Morgan fingerprint density at radius 1 is 1.00 bits per heavy atom. The van der Waals surface area contributed by atoms with Crippen molar-refractivity contribution in [2.24, 2.45) is 5.92 Å². The molecule has 1 aliphatic rings. The molecule has 122 valence electrons. The van der Waals surface area contributed by atoms with Crippen LogP contribution in [-0.4, -0.2) is 14.1 Å². The molecule has 0 saturated heterocycles. The minimum atomic E-state index is 0.619. The maximum Gasteiger partial charge on any atom is 0.0361 e. The summed E-state index contributed by atoms with van der Waals surface area (Å²) < 4.78 is 0. The second-order valence-electron chi connectivity index (χ2n) is 6.74. The fraction of sp³-hybridized carbons (Fsp3) is 0.217. The van der Waals surface area contributed by atoms with Crippen LogP contribution < -0.4 is 15.3 Å². The van der Waals surface area contributed by atoms with Crippen molar-refractivity contribution >= 4 is 17.8 Å². The van der Waals surface area contributed by atoms with Crippen LogP contribution in [0.4, 0.5) is 5.69 Å². The molecular weight excluding hydrogens is 290 g/mol.